The van der Waals surface area contributed by atoms with E-state index in [-0.39, 0.29) is 5.60 Å². The number of hydrogen-bond acceptors (Lipinski definition) is 2. The molecule has 2 heteroatoms. The van der Waals surface area contributed by atoms with Crippen LogP contribution in [0.4, 0.5) is 0 Å². The second-order valence-corrected chi connectivity index (χ2v) is 4.17. The summed E-state index contributed by atoms with van der Waals surface area (Å²) in [7, 11) is 1.68. The first-order valence-corrected chi connectivity index (χ1v) is 4.81. The molecule has 0 spiro atoms. The summed E-state index contributed by atoms with van der Waals surface area (Å²) < 4.78 is 11.0. The largest absolute Gasteiger partial charge is 0.497 e. The van der Waals surface area contributed by atoms with Crippen molar-refractivity contribution >= 4 is 0 Å². The Balaban J connectivity index is 2.32. The van der Waals surface area contributed by atoms with Gasteiger partial charge in [0.05, 0.1) is 7.11 Å². The van der Waals surface area contributed by atoms with E-state index >= 15 is 0 Å². The predicted molar refractivity (Wildman–Crippen MR) is 55.7 cm³/mol. The third kappa shape index (κ3) is 1.69. The van der Waals surface area contributed by atoms with Crippen LogP contribution in [0.5, 0.6) is 11.5 Å². The van der Waals surface area contributed by atoms with Crippen LogP contribution in [0.1, 0.15) is 25.8 Å². The molecular weight excluding hydrogens is 176 g/mol. The summed E-state index contributed by atoms with van der Waals surface area (Å²) in [5.41, 5.74) is 1.05. The summed E-state index contributed by atoms with van der Waals surface area (Å²) in [6.45, 7) is 4.19. The molecule has 14 heavy (non-hydrogen) atoms. The van der Waals surface area contributed by atoms with E-state index < -0.39 is 0 Å². The van der Waals surface area contributed by atoms with Gasteiger partial charge in [-0.3, -0.25) is 0 Å². The van der Waals surface area contributed by atoms with Crippen LogP contribution in [-0.4, -0.2) is 12.7 Å². The Labute approximate surface area is 84.8 Å². The van der Waals surface area contributed by atoms with Crippen molar-refractivity contribution in [1.29, 1.82) is 0 Å². The summed E-state index contributed by atoms with van der Waals surface area (Å²) >= 11 is 0. The standard InChI is InChI=1S/C12H15O2/c1-12(2)7-6-9-8-10(13-3)4-5-11(9)14-12/h4-6,8H,7H2,1-3H3. The van der Waals surface area contributed by atoms with E-state index in [1.807, 2.05) is 18.2 Å². The second kappa shape index (κ2) is 3.19. The highest BCUT2D eigenvalue weighted by molar-refractivity contribution is 5.46. The monoisotopic (exact) mass is 191 g/mol. The van der Waals surface area contributed by atoms with Crippen LogP contribution in [0.3, 0.4) is 0 Å². The van der Waals surface area contributed by atoms with Crippen molar-refractivity contribution in [3.63, 3.8) is 0 Å². The molecule has 0 fully saturated rings. The Morgan fingerprint density at radius 3 is 2.86 bits per heavy atom. The zero-order valence-electron chi connectivity index (χ0n) is 8.83. The van der Waals surface area contributed by atoms with Crippen LogP contribution in [0, 0.1) is 6.42 Å². The van der Waals surface area contributed by atoms with Crippen LogP contribution in [0.2, 0.25) is 0 Å². The minimum absolute atomic E-state index is 0.0818. The van der Waals surface area contributed by atoms with Gasteiger partial charge in [0.25, 0.3) is 0 Å². The fourth-order valence-corrected chi connectivity index (χ4v) is 1.60. The van der Waals surface area contributed by atoms with E-state index in [1.165, 1.54) is 0 Å². The van der Waals surface area contributed by atoms with Crippen molar-refractivity contribution in [3.05, 3.63) is 30.2 Å². The van der Waals surface area contributed by atoms with Gasteiger partial charge in [0, 0.05) is 5.56 Å². The molecule has 75 valence electrons. The molecule has 1 aromatic rings. The van der Waals surface area contributed by atoms with Gasteiger partial charge in [0.2, 0.25) is 0 Å². The fourth-order valence-electron chi connectivity index (χ4n) is 1.60. The van der Waals surface area contributed by atoms with Gasteiger partial charge in [-0.25, -0.2) is 0 Å². The summed E-state index contributed by atoms with van der Waals surface area (Å²) in [6.07, 6.45) is 3.13. The SMILES string of the molecule is COc1ccc2c(c1)[CH]CC(C)(C)O2. The van der Waals surface area contributed by atoms with E-state index in [4.69, 9.17) is 9.47 Å². The smallest absolute Gasteiger partial charge is 0.123 e. The highest BCUT2D eigenvalue weighted by atomic mass is 16.5. The van der Waals surface area contributed by atoms with Crippen LogP contribution in [0.25, 0.3) is 0 Å². The number of methoxy groups -OCH3 is 1. The molecule has 1 heterocycles. The maximum absolute atomic E-state index is 5.83. The molecule has 0 N–H and O–H groups in total. The van der Waals surface area contributed by atoms with Crippen LogP contribution in [-0.2, 0) is 0 Å². The minimum Gasteiger partial charge on any atom is -0.497 e. The topological polar surface area (TPSA) is 18.5 Å². The van der Waals surface area contributed by atoms with Gasteiger partial charge in [-0.2, -0.15) is 0 Å². The van der Waals surface area contributed by atoms with E-state index in [0.29, 0.717) is 0 Å². The van der Waals surface area contributed by atoms with Gasteiger partial charge >= 0.3 is 0 Å². The normalized spacial score (nSPS) is 18.2. The molecule has 1 aliphatic heterocycles. The Kier molecular flexibility index (Phi) is 2.14. The molecule has 0 unspecified atom stereocenters. The zero-order valence-corrected chi connectivity index (χ0v) is 8.83. The first kappa shape index (κ1) is 9.38. The van der Waals surface area contributed by atoms with E-state index in [9.17, 15) is 0 Å². The van der Waals surface area contributed by atoms with E-state index in [0.717, 1.165) is 23.5 Å². The summed E-state index contributed by atoms with van der Waals surface area (Å²) in [6, 6.07) is 5.89. The van der Waals surface area contributed by atoms with Crippen molar-refractivity contribution in [3.8, 4) is 11.5 Å². The maximum Gasteiger partial charge on any atom is 0.123 e. The molecule has 0 aromatic heterocycles. The van der Waals surface area contributed by atoms with Crippen molar-refractivity contribution in [1.82, 2.24) is 0 Å². The van der Waals surface area contributed by atoms with Crippen molar-refractivity contribution in [2.24, 2.45) is 0 Å². The molecule has 2 nitrogen and oxygen atoms in total. The van der Waals surface area contributed by atoms with Gasteiger partial charge < -0.3 is 9.47 Å². The Bertz CT molecular complexity index is 342. The number of hydrogen-bond donors (Lipinski definition) is 0. The molecule has 0 amide bonds. The molecular formula is C12H15O2. The summed E-state index contributed by atoms with van der Waals surface area (Å²) in [5.74, 6) is 1.82. The maximum atomic E-state index is 5.83. The lowest BCUT2D eigenvalue weighted by atomic mass is 9.94. The van der Waals surface area contributed by atoms with E-state index in [2.05, 4.69) is 20.3 Å². The highest BCUT2D eigenvalue weighted by Crippen LogP contribution is 2.35. The van der Waals surface area contributed by atoms with Gasteiger partial charge in [-0.15, -0.1) is 0 Å². The Hall–Kier alpha value is -1.18. The molecule has 2 rings (SSSR count). The average molecular weight is 191 g/mol. The quantitative estimate of drug-likeness (QED) is 0.679. The number of fused-ring (bicyclic) bond motifs is 1. The molecule has 1 radical (unpaired) electrons. The summed E-state index contributed by atoms with van der Waals surface area (Å²) in [5, 5.41) is 0. The highest BCUT2D eigenvalue weighted by Gasteiger charge is 2.26. The molecule has 0 atom stereocenters. The first-order valence-electron chi connectivity index (χ1n) is 4.81. The van der Waals surface area contributed by atoms with Crippen molar-refractivity contribution in [2.45, 2.75) is 25.9 Å². The summed E-state index contributed by atoms with van der Waals surface area (Å²) in [4.78, 5) is 0. The lowest BCUT2D eigenvalue weighted by Crippen LogP contribution is -2.31. The second-order valence-electron chi connectivity index (χ2n) is 4.17. The third-order valence-corrected chi connectivity index (χ3v) is 2.42. The lowest BCUT2D eigenvalue weighted by molar-refractivity contribution is 0.0986. The Morgan fingerprint density at radius 1 is 1.36 bits per heavy atom. The molecule has 1 aromatic carbocycles. The molecule has 0 saturated heterocycles. The molecule has 0 saturated carbocycles. The number of benzene rings is 1. The first-order chi connectivity index (χ1) is 6.61. The predicted octanol–water partition coefficient (Wildman–Crippen LogP) is 2.81. The van der Waals surface area contributed by atoms with Crippen molar-refractivity contribution < 1.29 is 9.47 Å². The zero-order chi connectivity index (χ0) is 10.2. The van der Waals surface area contributed by atoms with Crippen LogP contribution >= 0.6 is 0 Å². The molecule has 0 aliphatic carbocycles. The van der Waals surface area contributed by atoms with Gasteiger partial charge in [-0.1, -0.05) is 0 Å². The van der Waals surface area contributed by atoms with Crippen molar-refractivity contribution in [2.75, 3.05) is 7.11 Å². The van der Waals surface area contributed by atoms with Gasteiger partial charge in [0.1, 0.15) is 17.1 Å². The molecule has 0 bridgehead atoms. The fraction of sp³-hybridized carbons (Fsp3) is 0.417. The van der Waals surface area contributed by atoms with Gasteiger partial charge in [-0.05, 0) is 44.9 Å². The van der Waals surface area contributed by atoms with Gasteiger partial charge in [0.15, 0.2) is 0 Å². The number of rotatable bonds is 1. The number of ether oxygens (including phenoxy) is 2. The van der Waals surface area contributed by atoms with Crippen LogP contribution < -0.4 is 9.47 Å². The Morgan fingerprint density at radius 2 is 2.14 bits per heavy atom. The van der Waals surface area contributed by atoms with Crippen LogP contribution in [0.15, 0.2) is 18.2 Å². The third-order valence-electron chi connectivity index (χ3n) is 2.42. The minimum atomic E-state index is -0.0818. The average Bonchev–Trinajstić information content (AvgIpc) is 2.16. The molecule has 1 aliphatic rings. The lowest BCUT2D eigenvalue weighted by Gasteiger charge is -2.32. The van der Waals surface area contributed by atoms with E-state index in [1.54, 1.807) is 7.11 Å².